The van der Waals surface area contributed by atoms with Gasteiger partial charge < -0.3 is 5.32 Å². The van der Waals surface area contributed by atoms with Crippen molar-refractivity contribution < 1.29 is 4.79 Å². The zero-order valence-corrected chi connectivity index (χ0v) is 8.59. The SMILES string of the molecule is CCCCCCC/C=C/CNC=O. The van der Waals surface area contributed by atoms with Gasteiger partial charge in [-0.15, -0.1) is 0 Å². The lowest BCUT2D eigenvalue weighted by atomic mass is 10.1. The minimum Gasteiger partial charge on any atom is -0.355 e. The Morgan fingerprint density at radius 1 is 1.08 bits per heavy atom. The molecule has 0 unspecified atom stereocenters. The third kappa shape index (κ3) is 11.2. The second-order valence-electron chi connectivity index (χ2n) is 3.20. The Kier molecular flexibility index (Phi) is 10.5. The van der Waals surface area contributed by atoms with Crippen LogP contribution in [0.15, 0.2) is 12.2 Å². The predicted molar refractivity (Wildman–Crippen MR) is 56.6 cm³/mol. The van der Waals surface area contributed by atoms with Crippen molar-refractivity contribution in [2.75, 3.05) is 6.54 Å². The van der Waals surface area contributed by atoms with E-state index in [1.807, 2.05) is 6.08 Å². The summed E-state index contributed by atoms with van der Waals surface area (Å²) in [4.78, 5) is 9.87. The Hall–Kier alpha value is -0.790. The first-order valence-electron chi connectivity index (χ1n) is 5.23. The fourth-order valence-corrected chi connectivity index (χ4v) is 1.18. The molecule has 13 heavy (non-hydrogen) atoms. The van der Waals surface area contributed by atoms with E-state index < -0.39 is 0 Å². The Labute approximate surface area is 81.4 Å². The lowest BCUT2D eigenvalue weighted by molar-refractivity contribution is -0.109. The van der Waals surface area contributed by atoms with E-state index in [2.05, 4.69) is 18.3 Å². The first kappa shape index (κ1) is 12.2. The first-order valence-corrected chi connectivity index (χ1v) is 5.23. The van der Waals surface area contributed by atoms with Crippen molar-refractivity contribution >= 4 is 6.41 Å². The van der Waals surface area contributed by atoms with Crippen LogP contribution in [0.1, 0.15) is 45.4 Å². The second kappa shape index (κ2) is 11.2. The molecule has 76 valence electrons. The predicted octanol–water partition coefficient (Wildman–Crippen LogP) is 2.65. The summed E-state index contributed by atoms with van der Waals surface area (Å²) in [5.74, 6) is 0. The standard InChI is InChI=1S/C11H21NO/c1-2-3-4-5-6-7-8-9-10-12-11-13/h8-9,11H,2-7,10H2,1H3,(H,12,13)/b9-8+. The molecule has 0 fully saturated rings. The Balaban J connectivity index is 2.97. The molecule has 0 aliphatic carbocycles. The van der Waals surface area contributed by atoms with Gasteiger partial charge in [0.25, 0.3) is 0 Å². The number of carbonyl (C=O) groups excluding carboxylic acids is 1. The van der Waals surface area contributed by atoms with Gasteiger partial charge >= 0.3 is 0 Å². The zero-order valence-electron chi connectivity index (χ0n) is 8.59. The zero-order chi connectivity index (χ0) is 9.78. The molecule has 0 radical (unpaired) electrons. The van der Waals surface area contributed by atoms with Crippen LogP contribution in [-0.2, 0) is 4.79 Å². The van der Waals surface area contributed by atoms with Crippen LogP contribution >= 0.6 is 0 Å². The quantitative estimate of drug-likeness (QED) is 0.332. The van der Waals surface area contributed by atoms with Crippen molar-refractivity contribution in [2.45, 2.75) is 45.4 Å². The molecule has 0 aromatic heterocycles. The van der Waals surface area contributed by atoms with Crippen molar-refractivity contribution in [3.8, 4) is 0 Å². The number of hydrogen-bond acceptors (Lipinski definition) is 1. The van der Waals surface area contributed by atoms with E-state index in [1.54, 1.807) is 0 Å². The van der Waals surface area contributed by atoms with Crippen molar-refractivity contribution in [3.63, 3.8) is 0 Å². The topological polar surface area (TPSA) is 29.1 Å². The third-order valence-electron chi connectivity index (χ3n) is 1.96. The smallest absolute Gasteiger partial charge is 0.207 e. The second-order valence-corrected chi connectivity index (χ2v) is 3.20. The molecule has 0 saturated heterocycles. The highest BCUT2D eigenvalue weighted by Crippen LogP contribution is 2.04. The fourth-order valence-electron chi connectivity index (χ4n) is 1.18. The third-order valence-corrected chi connectivity index (χ3v) is 1.96. The van der Waals surface area contributed by atoms with Gasteiger partial charge in [0.1, 0.15) is 0 Å². The monoisotopic (exact) mass is 183 g/mol. The largest absolute Gasteiger partial charge is 0.355 e. The number of hydrogen-bond donors (Lipinski definition) is 1. The molecule has 0 aliphatic heterocycles. The van der Waals surface area contributed by atoms with E-state index in [1.165, 1.54) is 32.1 Å². The summed E-state index contributed by atoms with van der Waals surface area (Å²) in [6.45, 7) is 2.89. The molecular weight excluding hydrogens is 162 g/mol. The molecule has 0 atom stereocenters. The van der Waals surface area contributed by atoms with Crippen LogP contribution in [0.2, 0.25) is 0 Å². The summed E-state index contributed by atoms with van der Waals surface area (Å²) in [5.41, 5.74) is 0. The van der Waals surface area contributed by atoms with Gasteiger partial charge in [-0.05, 0) is 12.8 Å². The molecule has 1 amide bonds. The summed E-state index contributed by atoms with van der Waals surface area (Å²) in [6, 6.07) is 0. The molecule has 0 aliphatic rings. The Morgan fingerprint density at radius 2 is 1.85 bits per heavy atom. The van der Waals surface area contributed by atoms with Crippen molar-refractivity contribution in [3.05, 3.63) is 12.2 Å². The summed E-state index contributed by atoms with van der Waals surface area (Å²) >= 11 is 0. The van der Waals surface area contributed by atoms with Gasteiger partial charge in [0, 0.05) is 6.54 Å². The molecular formula is C11H21NO. The fraction of sp³-hybridized carbons (Fsp3) is 0.727. The van der Waals surface area contributed by atoms with E-state index in [9.17, 15) is 4.79 Å². The number of amides is 1. The molecule has 2 heteroatoms. The summed E-state index contributed by atoms with van der Waals surface area (Å²) in [5, 5.41) is 2.59. The maximum absolute atomic E-state index is 9.87. The highest BCUT2D eigenvalue weighted by molar-refractivity contribution is 5.46. The van der Waals surface area contributed by atoms with Crippen LogP contribution in [0, 0.1) is 0 Å². The van der Waals surface area contributed by atoms with E-state index in [0.717, 1.165) is 12.8 Å². The summed E-state index contributed by atoms with van der Waals surface area (Å²) in [6.07, 6.45) is 12.6. The lowest BCUT2D eigenvalue weighted by Crippen LogP contribution is -2.09. The molecule has 2 nitrogen and oxygen atoms in total. The van der Waals surface area contributed by atoms with E-state index in [4.69, 9.17) is 0 Å². The van der Waals surface area contributed by atoms with E-state index >= 15 is 0 Å². The van der Waals surface area contributed by atoms with Crippen molar-refractivity contribution in [2.24, 2.45) is 0 Å². The first-order chi connectivity index (χ1) is 6.41. The van der Waals surface area contributed by atoms with Crippen molar-refractivity contribution in [1.29, 1.82) is 0 Å². The maximum Gasteiger partial charge on any atom is 0.207 e. The van der Waals surface area contributed by atoms with Gasteiger partial charge in [-0.1, -0.05) is 44.8 Å². The molecule has 0 aromatic carbocycles. The number of rotatable bonds is 9. The van der Waals surface area contributed by atoms with Gasteiger partial charge in [-0.2, -0.15) is 0 Å². The minimum absolute atomic E-state index is 0.665. The molecule has 1 N–H and O–H groups in total. The van der Waals surface area contributed by atoms with Crippen LogP contribution < -0.4 is 5.32 Å². The number of carbonyl (C=O) groups is 1. The average Bonchev–Trinajstić information content (AvgIpc) is 2.16. The van der Waals surface area contributed by atoms with Crippen molar-refractivity contribution in [1.82, 2.24) is 5.32 Å². The highest BCUT2D eigenvalue weighted by atomic mass is 16.1. The van der Waals surface area contributed by atoms with Crippen LogP contribution in [0.5, 0.6) is 0 Å². The van der Waals surface area contributed by atoms with Crippen LogP contribution in [0.3, 0.4) is 0 Å². The molecule has 0 aromatic rings. The molecule has 0 bridgehead atoms. The van der Waals surface area contributed by atoms with Gasteiger partial charge in [0.2, 0.25) is 6.41 Å². The average molecular weight is 183 g/mol. The number of allylic oxidation sites excluding steroid dienone is 1. The minimum atomic E-state index is 0.665. The number of unbranched alkanes of at least 4 members (excludes halogenated alkanes) is 5. The molecule has 0 heterocycles. The molecule has 0 spiro atoms. The number of nitrogens with one attached hydrogen (secondary N) is 1. The van der Waals surface area contributed by atoms with Gasteiger partial charge in [0.15, 0.2) is 0 Å². The molecule has 0 rings (SSSR count). The Morgan fingerprint density at radius 3 is 2.54 bits per heavy atom. The van der Waals surface area contributed by atoms with Gasteiger partial charge in [0.05, 0.1) is 0 Å². The Bertz CT molecular complexity index is 132. The lowest BCUT2D eigenvalue weighted by Gasteiger charge is -1.95. The highest BCUT2D eigenvalue weighted by Gasteiger charge is 1.85. The van der Waals surface area contributed by atoms with Crippen LogP contribution in [-0.4, -0.2) is 13.0 Å². The van der Waals surface area contributed by atoms with Gasteiger partial charge in [-0.3, -0.25) is 4.79 Å². The van der Waals surface area contributed by atoms with Gasteiger partial charge in [-0.25, -0.2) is 0 Å². The summed E-state index contributed by atoms with van der Waals surface area (Å²) < 4.78 is 0. The van der Waals surface area contributed by atoms with E-state index in [-0.39, 0.29) is 0 Å². The molecule has 0 saturated carbocycles. The van der Waals surface area contributed by atoms with Crippen LogP contribution in [0.4, 0.5) is 0 Å². The normalized spacial score (nSPS) is 10.5. The summed E-state index contributed by atoms with van der Waals surface area (Å²) in [7, 11) is 0. The maximum atomic E-state index is 9.87. The van der Waals surface area contributed by atoms with E-state index in [0.29, 0.717) is 6.54 Å². The van der Waals surface area contributed by atoms with Crippen LogP contribution in [0.25, 0.3) is 0 Å².